The standard InChI is InChI=1S/C14H14N2.Ir/c1-10-4-5-14-13(6-10)11(2)7-12-8-15(3)9-16(12)14;/h4,6-9H,1-3H3;/q-2;. The zero-order chi connectivity index (χ0) is 11.3. The second-order valence-electron chi connectivity index (χ2n) is 4.47. The van der Waals surface area contributed by atoms with Crippen molar-refractivity contribution >= 4 is 11.3 Å². The Bertz CT molecular complexity index is 517. The van der Waals surface area contributed by atoms with Crippen LogP contribution in [0.5, 0.6) is 0 Å². The Kier molecular flexibility index (Phi) is 3.15. The van der Waals surface area contributed by atoms with Crippen LogP contribution in [0.4, 0.5) is 5.69 Å². The van der Waals surface area contributed by atoms with Gasteiger partial charge in [0.2, 0.25) is 0 Å². The molecule has 0 saturated carbocycles. The largest absolute Gasteiger partial charge is 0.510 e. The number of anilines is 1. The van der Waals surface area contributed by atoms with E-state index in [0.29, 0.717) is 0 Å². The Balaban J connectivity index is 0.00000108. The number of hydrogen-bond donors (Lipinski definition) is 0. The quantitative estimate of drug-likeness (QED) is 0.616. The van der Waals surface area contributed by atoms with Crippen LogP contribution in [0.2, 0.25) is 0 Å². The average Bonchev–Trinajstić information content (AvgIpc) is 2.59. The van der Waals surface area contributed by atoms with Gasteiger partial charge in [-0.1, -0.05) is 25.1 Å². The van der Waals surface area contributed by atoms with Crippen LogP contribution in [0.3, 0.4) is 0 Å². The van der Waals surface area contributed by atoms with Crippen molar-refractivity contribution in [3.05, 3.63) is 54.0 Å². The Labute approximate surface area is 116 Å². The Morgan fingerprint density at radius 3 is 2.82 bits per heavy atom. The third-order valence-corrected chi connectivity index (χ3v) is 3.01. The van der Waals surface area contributed by atoms with Crippen molar-refractivity contribution in [3.8, 4) is 0 Å². The summed E-state index contributed by atoms with van der Waals surface area (Å²) in [5.41, 5.74) is 6.21. The third kappa shape index (κ3) is 1.94. The molecule has 3 rings (SSSR count). The molecule has 0 bridgehead atoms. The first-order valence-corrected chi connectivity index (χ1v) is 5.44. The van der Waals surface area contributed by atoms with E-state index >= 15 is 0 Å². The van der Waals surface area contributed by atoms with Gasteiger partial charge < -0.3 is 9.80 Å². The van der Waals surface area contributed by atoms with Gasteiger partial charge in [-0.05, 0) is 19.3 Å². The minimum absolute atomic E-state index is 0. The third-order valence-electron chi connectivity index (χ3n) is 3.01. The molecule has 2 heterocycles. The zero-order valence-electron chi connectivity index (χ0n) is 10.1. The number of nitrogens with zero attached hydrogens (tertiary/aromatic N) is 2. The van der Waals surface area contributed by atoms with Gasteiger partial charge in [-0.15, -0.1) is 5.56 Å². The van der Waals surface area contributed by atoms with Crippen molar-refractivity contribution in [2.24, 2.45) is 0 Å². The SMILES string of the molecule is CC1=CC2=CN(C)[CH-]N2c2[c-]cc(C)cc21.[Ir]. The molecule has 0 spiro atoms. The Hall–Kier alpha value is -1.05. The normalized spacial score (nSPS) is 16.9. The molecular formula is C14H14IrN2-2. The second kappa shape index (κ2) is 4.32. The summed E-state index contributed by atoms with van der Waals surface area (Å²) < 4.78 is 0. The Morgan fingerprint density at radius 1 is 1.29 bits per heavy atom. The smallest absolute Gasteiger partial charge is 0.0242 e. The van der Waals surface area contributed by atoms with E-state index in [1.807, 2.05) is 13.1 Å². The second-order valence-corrected chi connectivity index (χ2v) is 4.47. The van der Waals surface area contributed by atoms with E-state index in [1.165, 1.54) is 22.4 Å². The van der Waals surface area contributed by atoms with Crippen molar-refractivity contribution in [1.29, 1.82) is 0 Å². The fourth-order valence-electron chi connectivity index (χ4n) is 2.24. The maximum Gasteiger partial charge on any atom is 0.0242 e. The van der Waals surface area contributed by atoms with Gasteiger partial charge >= 0.3 is 0 Å². The maximum absolute atomic E-state index is 3.37. The van der Waals surface area contributed by atoms with Gasteiger partial charge in [0.1, 0.15) is 0 Å². The summed E-state index contributed by atoms with van der Waals surface area (Å²) >= 11 is 0. The van der Waals surface area contributed by atoms with Gasteiger partial charge in [0.05, 0.1) is 0 Å². The zero-order valence-corrected chi connectivity index (χ0v) is 12.5. The van der Waals surface area contributed by atoms with E-state index in [1.54, 1.807) is 0 Å². The summed E-state index contributed by atoms with van der Waals surface area (Å²) in [4.78, 5) is 4.25. The molecule has 91 valence electrons. The van der Waals surface area contributed by atoms with Gasteiger partial charge in [0.15, 0.2) is 0 Å². The molecule has 0 aromatic heterocycles. The van der Waals surface area contributed by atoms with Crippen LogP contribution in [0, 0.1) is 19.7 Å². The molecule has 0 saturated heterocycles. The van der Waals surface area contributed by atoms with Crippen molar-refractivity contribution in [3.63, 3.8) is 0 Å². The molecule has 1 radical (unpaired) electrons. The molecule has 3 heteroatoms. The molecule has 2 aliphatic heterocycles. The molecule has 1 aromatic carbocycles. The van der Waals surface area contributed by atoms with E-state index in [-0.39, 0.29) is 20.1 Å². The van der Waals surface area contributed by atoms with Gasteiger partial charge in [0, 0.05) is 25.8 Å². The molecule has 2 nitrogen and oxygen atoms in total. The van der Waals surface area contributed by atoms with E-state index in [4.69, 9.17) is 0 Å². The first-order chi connectivity index (χ1) is 7.65. The van der Waals surface area contributed by atoms with Crippen LogP contribution in [-0.4, -0.2) is 11.9 Å². The van der Waals surface area contributed by atoms with Crippen LogP contribution in [-0.2, 0) is 20.1 Å². The molecule has 0 unspecified atom stereocenters. The van der Waals surface area contributed by atoms with E-state index in [9.17, 15) is 0 Å². The molecule has 0 amide bonds. The number of allylic oxidation sites excluding steroid dienone is 2. The molecule has 0 aliphatic carbocycles. The predicted octanol–water partition coefficient (Wildman–Crippen LogP) is 2.92. The van der Waals surface area contributed by atoms with Crippen molar-refractivity contribution < 1.29 is 20.1 Å². The summed E-state index contributed by atoms with van der Waals surface area (Å²) in [7, 11) is 2.04. The average molecular weight is 402 g/mol. The predicted molar refractivity (Wildman–Crippen MR) is 66.3 cm³/mol. The molecular weight excluding hydrogens is 388 g/mol. The van der Waals surface area contributed by atoms with Crippen molar-refractivity contribution in [2.45, 2.75) is 13.8 Å². The molecule has 0 N–H and O–H groups in total. The van der Waals surface area contributed by atoms with Crippen LogP contribution in [0.25, 0.3) is 5.57 Å². The Morgan fingerprint density at radius 2 is 2.06 bits per heavy atom. The van der Waals surface area contributed by atoms with E-state index in [0.717, 1.165) is 5.69 Å². The fraction of sp³-hybridized carbons (Fsp3) is 0.214. The number of benzene rings is 1. The maximum atomic E-state index is 3.37. The molecule has 0 atom stereocenters. The van der Waals surface area contributed by atoms with Gasteiger partial charge in [-0.2, -0.15) is 30.4 Å². The minimum Gasteiger partial charge on any atom is -0.510 e. The molecule has 1 aromatic rings. The first kappa shape index (κ1) is 12.4. The number of aryl methyl sites for hydroxylation is 1. The monoisotopic (exact) mass is 403 g/mol. The van der Waals surface area contributed by atoms with Gasteiger partial charge in [0.25, 0.3) is 0 Å². The molecule has 2 aliphatic rings. The first-order valence-electron chi connectivity index (χ1n) is 5.44. The molecule has 17 heavy (non-hydrogen) atoms. The van der Waals surface area contributed by atoms with Crippen LogP contribution in [0.1, 0.15) is 18.1 Å². The van der Waals surface area contributed by atoms with Crippen LogP contribution < -0.4 is 4.90 Å². The summed E-state index contributed by atoms with van der Waals surface area (Å²) in [6, 6.07) is 7.63. The summed E-state index contributed by atoms with van der Waals surface area (Å²) in [6.07, 6.45) is 4.34. The van der Waals surface area contributed by atoms with E-state index < -0.39 is 0 Å². The number of hydrogen-bond acceptors (Lipinski definition) is 2. The fourth-order valence-corrected chi connectivity index (χ4v) is 2.24. The van der Waals surface area contributed by atoms with Gasteiger partial charge in [-0.3, -0.25) is 0 Å². The van der Waals surface area contributed by atoms with E-state index in [2.05, 4.69) is 54.7 Å². The summed E-state index contributed by atoms with van der Waals surface area (Å²) in [5.74, 6) is 0. The number of fused-ring (bicyclic) bond motifs is 3. The van der Waals surface area contributed by atoms with Crippen molar-refractivity contribution in [2.75, 3.05) is 11.9 Å². The van der Waals surface area contributed by atoms with Gasteiger partial charge in [-0.25, -0.2) is 0 Å². The minimum atomic E-state index is 0. The van der Waals surface area contributed by atoms with Crippen LogP contribution >= 0.6 is 0 Å². The van der Waals surface area contributed by atoms with Crippen LogP contribution in [0.15, 0.2) is 30.1 Å². The summed E-state index contributed by atoms with van der Waals surface area (Å²) in [6.45, 7) is 6.35. The summed E-state index contributed by atoms with van der Waals surface area (Å²) in [5, 5.41) is 0. The molecule has 0 fully saturated rings. The number of rotatable bonds is 0. The van der Waals surface area contributed by atoms with Crippen molar-refractivity contribution in [1.82, 2.24) is 4.90 Å². The topological polar surface area (TPSA) is 6.48 Å².